The summed E-state index contributed by atoms with van der Waals surface area (Å²) < 4.78 is 29.2. The highest BCUT2D eigenvalue weighted by molar-refractivity contribution is 5.67. The van der Waals surface area contributed by atoms with E-state index < -0.39 is 0 Å². The summed E-state index contributed by atoms with van der Waals surface area (Å²) in [6.07, 6.45) is 16.7. The second kappa shape index (κ2) is 11.0. The fourth-order valence-corrected chi connectivity index (χ4v) is 7.26. The molecule has 0 heterocycles. The third-order valence-electron chi connectivity index (χ3n) is 9.79. The van der Waals surface area contributed by atoms with Crippen LogP contribution in [-0.4, -0.2) is 0 Å². The highest BCUT2D eigenvalue weighted by Gasteiger charge is 2.30. The third-order valence-corrected chi connectivity index (χ3v) is 9.79. The van der Waals surface area contributed by atoms with Crippen LogP contribution in [0.1, 0.15) is 118 Å². The molecule has 0 saturated heterocycles. The lowest BCUT2D eigenvalue weighted by atomic mass is 9.70. The van der Waals surface area contributed by atoms with Crippen molar-refractivity contribution in [2.45, 2.75) is 103 Å². The molecule has 2 fully saturated rings. The van der Waals surface area contributed by atoms with Gasteiger partial charge in [0.15, 0.2) is 0 Å². The summed E-state index contributed by atoms with van der Waals surface area (Å²) in [6.45, 7) is 4.12. The molecule has 1 atom stereocenters. The van der Waals surface area contributed by atoms with Gasteiger partial charge in [0.25, 0.3) is 0 Å². The summed E-state index contributed by atoms with van der Waals surface area (Å²) in [6, 6.07) is 11.9. The van der Waals surface area contributed by atoms with Crippen molar-refractivity contribution in [2.24, 2.45) is 17.8 Å². The van der Waals surface area contributed by atoms with E-state index in [0.717, 1.165) is 48.6 Å². The van der Waals surface area contributed by atoms with E-state index in [2.05, 4.69) is 31.2 Å². The Balaban J connectivity index is 1.16. The van der Waals surface area contributed by atoms with E-state index in [1.165, 1.54) is 68.1 Å². The van der Waals surface area contributed by atoms with Gasteiger partial charge in [0.05, 0.1) is 0 Å². The first-order valence-corrected chi connectivity index (χ1v) is 14.3. The number of aryl methyl sites for hydroxylation is 1. The maximum Gasteiger partial charge on any atom is 0.130 e. The Hall–Kier alpha value is -1.96. The van der Waals surface area contributed by atoms with Gasteiger partial charge in [0.2, 0.25) is 0 Å². The van der Waals surface area contributed by atoms with Crippen LogP contribution in [0.2, 0.25) is 0 Å². The lowest BCUT2D eigenvalue weighted by molar-refractivity contribution is 0.220. The van der Waals surface area contributed by atoms with Gasteiger partial charge in [0.1, 0.15) is 11.6 Å². The molecule has 2 saturated carbocycles. The number of halogens is 2. The molecule has 35 heavy (non-hydrogen) atoms. The van der Waals surface area contributed by atoms with Crippen LogP contribution in [0, 0.1) is 36.3 Å². The predicted molar refractivity (Wildman–Crippen MR) is 143 cm³/mol. The predicted octanol–water partition coefficient (Wildman–Crippen LogP) is 10.1. The molecule has 0 spiro atoms. The first kappa shape index (κ1) is 24.7. The van der Waals surface area contributed by atoms with E-state index in [1.54, 1.807) is 6.07 Å². The van der Waals surface area contributed by atoms with Crippen molar-refractivity contribution < 1.29 is 8.78 Å². The van der Waals surface area contributed by atoms with Gasteiger partial charge in [-0.3, -0.25) is 0 Å². The summed E-state index contributed by atoms with van der Waals surface area (Å²) in [4.78, 5) is 0. The molecule has 0 nitrogen and oxygen atoms in total. The fraction of sp³-hybridized carbons (Fsp3) is 0.576. The summed E-state index contributed by atoms with van der Waals surface area (Å²) in [5.74, 6) is 3.29. The third kappa shape index (κ3) is 5.57. The molecule has 0 aliphatic heterocycles. The van der Waals surface area contributed by atoms with Crippen LogP contribution < -0.4 is 0 Å². The van der Waals surface area contributed by atoms with Crippen LogP contribution in [0.4, 0.5) is 8.78 Å². The molecule has 0 bridgehead atoms. The Labute approximate surface area is 211 Å². The van der Waals surface area contributed by atoms with Gasteiger partial charge in [-0.1, -0.05) is 43.7 Å². The summed E-state index contributed by atoms with van der Waals surface area (Å²) in [7, 11) is 0. The second-order valence-corrected chi connectivity index (χ2v) is 11.7. The van der Waals surface area contributed by atoms with Crippen molar-refractivity contribution in [2.75, 3.05) is 0 Å². The zero-order chi connectivity index (χ0) is 24.4. The van der Waals surface area contributed by atoms with Crippen LogP contribution >= 0.6 is 0 Å². The van der Waals surface area contributed by atoms with Gasteiger partial charge in [-0.2, -0.15) is 0 Å². The molecule has 0 radical (unpaired) electrons. The molecule has 2 aromatic rings. The van der Waals surface area contributed by atoms with Crippen LogP contribution in [0.5, 0.6) is 0 Å². The fourth-order valence-electron chi connectivity index (χ4n) is 7.26. The molecule has 1 unspecified atom stereocenters. The smallest absolute Gasteiger partial charge is 0.130 e. The summed E-state index contributed by atoms with van der Waals surface area (Å²) in [5, 5.41) is 0. The van der Waals surface area contributed by atoms with E-state index in [9.17, 15) is 4.39 Å². The zero-order valence-corrected chi connectivity index (χ0v) is 21.7. The zero-order valence-electron chi connectivity index (χ0n) is 21.7. The normalized spacial score (nSPS) is 29.6. The Kier molecular flexibility index (Phi) is 7.75. The first-order valence-electron chi connectivity index (χ1n) is 14.3. The van der Waals surface area contributed by atoms with Gasteiger partial charge in [-0.25, -0.2) is 8.78 Å². The van der Waals surface area contributed by atoms with E-state index in [0.29, 0.717) is 17.8 Å². The number of allylic oxidation sites excluding steroid dienone is 2. The standard InChI is InChI=1S/C33H42F2/c1-3-23-5-8-26(9-6-23)30-18-19-31(33(35)21-30)28-16-14-25(15-17-28)24-10-12-27(13-11-24)29-7-4-22(2)32(34)20-29/h4,7,16,18-21,23-27H,3,5-6,8-15,17H2,1-2H3. The molecule has 3 aliphatic carbocycles. The van der Waals surface area contributed by atoms with Crippen molar-refractivity contribution >= 4 is 5.57 Å². The SMILES string of the molecule is CCC1CCC(c2ccc(C3=CCC(C4CCC(c5ccc(C)c(F)c5)CC4)CC3)c(F)c2)CC1. The molecule has 2 aromatic carbocycles. The molecule has 5 rings (SSSR count). The minimum Gasteiger partial charge on any atom is -0.207 e. The maximum absolute atomic E-state index is 15.2. The minimum atomic E-state index is -0.0706. The van der Waals surface area contributed by atoms with Gasteiger partial charge in [-0.15, -0.1) is 0 Å². The Morgan fingerprint density at radius 3 is 1.91 bits per heavy atom. The van der Waals surface area contributed by atoms with Crippen molar-refractivity contribution in [1.82, 2.24) is 0 Å². The number of rotatable bonds is 5. The van der Waals surface area contributed by atoms with E-state index in [1.807, 2.05) is 19.1 Å². The Morgan fingerprint density at radius 2 is 1.34 bits per heavy atom. The monoisotopic (exact) mass is 476 g/mol. The average Bonchev–Trinajstić information content (AvgIpc) is 2.90. The van der Waals surface area contributed by atoms with Crippen molar-refractivity contribution in [3.63, 3.8) is 0 Å². The largest absolute Gasteiger partial charge is 0.207 e. The van der Waals surface area contributed by atoms with E-state index >= 15 is 4.39 Å². The second-order valence-electron chi connectivity index (χ2n) is 11.7. The number of benzene rings is 2. The molecule has 3 aliphatic rings. The van der Waals surface area contributed by atoms with Crippen molar-refractivity contribution in [1.29, 1.82) is 0 Å². The average molecular weight is 477 g/mol. The quantitative estimate of drug-likeness (QED) is 0.403. The molecule has 2 heteroatoms. The van der Waals surface area contributed by atoms with Gasteiger partial charge in [0, 0.05) is 5.56 Å². The lowest BCUT2D eigenvalue weighted by Gasteiger charge is -2.36. The summed E-state index contributed by atoms with van der Waals surface area (Å²) in [5.41, 5.74) is 5.16. The van der Waals surface area contributed by atoms with Crippen LogP contribution in [-0.2, 0) is 0 Å². The summed E-state index contributed by atoms with van der Waals surface area (Å²) >= 11 is 0. The van der Waals surface area contributed by atoms with E-state index in [-0.39, 0.29) is 11.6 Å². The Bertz CT molecular complexity index is 1040. The minimum absolute atomic E-state index is 0.0179. The topological polar surface area (TPSA) is 0 Å². The van der Waals surface area contributed by atoms with Gasteiger partial charge in [-0.05, 0) is 142 Å². The number of hydrogen-bond acceptors (Lipinski definition) is 0. The highest BCUT2D eigenvalue weighted by Crippen LogP contribution is 2.44. The molecular formula is C33H42F2. The van der Waals surface area contributed by atoms with Crippen LogP contribution in [0.25, 0.3) is 5.57 Å². The molecular weight excluding hydrogens is 434 g/mol. The van der Waals surface area contributed by atoms with Crippen molar-refractivity contribution in [3.05, 3.63) is 76.4 Å². The highest BCUT2D eigenvalue weighted by atomic mass is 19.1. The van der Waals surface area contributed by atoms with Gasteiger partial charge < -0.3 is 0 Å². The first-order chi connectivity index (χ1) is 17.0. The lowest BCUT2D eigenvalue weighted by Crippen LogP contribution is -2.22. The van der Waals surface area contributed by atoms with Crippen molar-refractivity contribution in [3.8, 4) is 0 Å². The van der Waals surface area contributed by atoms with Gasteiger partial charge >= 0.3 is 0 Å². The molecule has 0 amide bonds. The van der Waals surface area contributed by atoms with Crippen LogP contribution in [0.3, 0.4) is 0 Å². The number of hydrogen-bond donors (Lipinski definition) is 0. The molecule has 188 valence electrons. The Morgan fingerprint density at radius 1 is 0.714 bits per heavy atom. The molecule has 0 N–H and O–H groups in total. The maximum atomic E-state index is 15.2. The van der Waals surface area contributed by atoms with Crippen LogP contribution in [0.15, 0.2) is 42.5 Å². The molecule has 0 aromatic heterocycles. The van der Waals surface area contributed by atoms with E-state index in [4.69, 9.17) is 0 Å².